The van der Waals surface area contributed by atoms with Crippen LogP contribution in [0.15, 0.2) is 77.3 Å². The Morgan fingerprint density at radius 2 is 1.87 bits per heavy atom. The quantitative estimate of drug-likeness (QED) is 0.736. The van der Waals surface area contributed by atoms with Crippen LogP contribution in [0.4, 0.5) is 5.69 Å². The Morgan fingerprint density at radius 1 is 1.16 bits per heavy atom. The van der Waals surface area contributed by atoms with E-state index in [0.717, 1.165) is 16.9 Å². The van der Waals surface area contributed by atoms with Crippen LogP contribution in [-0.2, 0) is 9.53 Å². The Hall–Kier alpha value is -4.05. The van der Waals surface area contributed by atoms with E-state index < -0.39 is 11.9 Å². The number of nitrogens with one attached hydrogen (secondary N) is 1. The van der Waals surface area contributed by atoms with Crippen molar-refractivity contribution in [3.63, 3.8) is 0 Å². The second-order valence-corrected chi connectivity index (χ2v) is 7.41. The topological polar surface area (TPSA) is 108 Å². The van der Waals surface area contributed by atoms with Gasteiger partial charge in [-0.25, -0.2) is 9.80 Å². The number of benzene rings is 2. The van der Waals surface area contributed by atoms with Crippen molar-refractivity contribution in [2.45, 2.75) is 25.2 Å². The number of hydrogen-bond donors (Lipinski definition) is 2. The summed E-state index contributed by atoms with van der Waals surface area (Å²) in [4.78, 5) is 24.8. The van der Waals surface area contributed by atoms with Crippen LogP contribution in [0.25, 0.3) is 0 Å². The molecule has 0 bridgehead atoms. The van der Waals surface area contributed by atoms with Gasteiger partial charge in [-0.15, -0.1) is 0 Å². The highest BCUT2D eigenvalue weighted by Crippen LogP contribution is 2.44. The molecule has 1 aliphatic heterocycles. The van der Waals surface area contributed by atoms with Crippen molar-refractivity contribution in [3.8, 4) is 6.07 Å². The van der Waals surface area contributed by atoms with Gasteiger partial charge in [-0.2, -0.15) is 5.26 Å². The maximum atomic E-state index is 13.0. The summed E-state index contributed by atoms with van der Waals surface area (Å²) in [5.74, 6) is -0.754. The average Bonchev–Trinajstić information content (AvgIpc) is 2.81. The number of anilines is 1. The molecule has 7 heteroatoms. The SMILES string of the molecule is COC(=O)c1ccc([C@H]2C(C#N)=C(N)N(Nc3ccccc3)C3=C2C(=O)CCC3)cc1. The first-order chi connectivity index (χ1) is 15.0. The first kappa shape index (κ1) is 20.2. The Bertz CT molecular complexity index is 1130. The number of nitrogens with zero attached hydrogens (tertiary/aromatic N) is 2. The molecule has 3 N–H and O–H groups in total. The summed E-state index contributed by atoms with van der Waals surface area (Å²) in [6.45, 7) is 0. The van der Waals surface area contributed by atoms with Crippen molar-refractivity contribution >= 4 is 17.4 Å². The number of nitrogens with two attached hydrogens (primary N) is 1. The highest BCUT2D eigenvalue weighted by atomic mass is 16.5. The van der Waals surface area contributed by atoms with E-state index in [4.69, 9.17) is 10.5 Å². The molecular formula is C24H22N4O3. The third-order valence-electron chi connectivity index (χ3n) is 5.59. The van der Waals surface area contributed by atoms with Gasteiger partial charge in [-0.05, 0) is 42.7 Å². The van der Waals surface area contributed by atoms with E-state index in [-0.39, 0.29) is 11.6 Å². The minimum Gasteiger partial charge on any atom is -0.465 e. The van der Waals surface area contributed by atoms with Gasteiger partial charge >= 0.3 is 5.97 Å². The second-order valence-electron chi connectivity index (χ2n) is 7.41. The Balaban J connectivity index is 1.82. The highest BCUT2D eigenvalue weighted by molar-refractivity contribution is 6.00. The monoisotopic (exact) mass is 414 g/mol. The van der Waals surface area contributed by atoms with Gasteiger partial charge in [-0.3, -0.25) is 10.2 Å². The zero-order valence-corrected chi connectivity index (χ0v) is 17.1. The first-order valence-electron chi connectivity index (χ1n) is 10.0. The minimum atomic E-state index is -0.576. The lowest BCUT2D eigenvalue weighted by atomic mass is 9.76. The number of carbonyl (C=O) groups is 2. The van der Waals surface area contributed by atoms with Gasteiger partial charge in [0, 0.05) is 17.7 Å². The molecule has 156 valence electrons. The van der Waals surface area contributed by atoms with Crippen LogP contribution in [-0.4, -0.2) is 23.9 Å². The number of methoxy groups -OCH3 is 1. The number of rotatable bonds is 4. The van der Waals surface area contributed by atoms with Crippen molar-refractivity contribution < 1.29 is 14.3 Å². The summed E-state index contributed by atoms with van der Waals surface area (Å²) in [7, 11) is 1.32. The van der Waals surface area contributed by atoms with Crippen molar-refractivity contribution in [2.75, 3.05) is 12.5 Å². The van der Waals surface area contributed by atoms with Crippen molar-refractivity contribution in [1.29, 1.82) is 5.26 Å². The molecule has 0 unspecified atom stereocenters. The number of carbonyl (C=O) groups excluding carboxylic acids is 2. The van der Waals surface area contributed by atoms with E-state index in [1.165, 1.54) is 7.11 Å². The summed E-state index contributed by atoms with van der Waals surface area (Å²) in [5, 5.41) is 11.7. The van der Waals surface area contributed by atoms with Gasteiger partial charge in [0.1, 0.15) is 5.82 Å². The normalized spacial score (nSPS) is 18.4. The molecule has 1 atom stereocenters. The van der Waals surface area contributed by atoms with E-state index in [2.05, 4.69) is 11.5 Å². The molecule has 0 saturated heterocycles. The van der Waals surface area contributed by atoms with Crippen molar-refractivity contribution in [3.05, 3.63) is 88.4 Å². The smallest absolute Gasteiger partial charge is 0.337 e. The fourth-order valence-electron chi connectivity index (χ4n) is 4.12. The van der Waals surface area contributed by atoms with E-state index in [9.17, 15) is 14.9 Å². The lowest BCUT2D eigenvalue weighted by Gasteiger charge is -2.39. The van der Waals surface area contributed by atoms with Gasteiger partial charge in [-0.1, -0.05) is 30.3 Å². The lowest BCUT2D eigenvalue weighted by Crippen LogP contribution is -2.41. The third kappa shape index (κ3) is 3.64. The van der Waals surface area contributed by atoms with Crippen LogP contribution in [0.3, 0.4) is 0 Å². The number of hydrogen-bond acceptors (Lipinski definition) is 7. The molecule has 7 nitrogen and oxygen atoms in total. The van der Waals surface area contributed by atoms with Crippen LogP contribution in [0.1, 0.15) is 41.1 Å². The fraction of sp³-hybridized carbons (Fsp3) is 0.208. The summed E-state index contributed by atoms with van der Waals surface area (Å²) in [6, 6.07) is 18.4. The van der Waals surface area contributed by atoms with Crippen LogP contribution in [0.5, 0.6) is 0 Å². The van der Waals surface area contributed by atoms with Crippen LogP contribution >= 0.6 is 0 Å². The maximum absolute atomic E-state index is 13.0. The predicted molar refractivity (Wildman–Crippen MR) is 115 cm³/mol. The Morgan fingerprint density at radius 3 is 2.52 bits per heavy atom. The minimum absolute atomic E-state index is 0.00315. The number of para-hydroxylation sites is 1. The van der Waals surface area contributed by atoms with E-state index in [1.54, 1.807) is 29.3 Å². The summed E-state index contributed by atoms with van der Waals surface area (Å²) in [6.07, 6.45) is 1.80. The number of Topliss-reactive ketones (excluding diaryl/α,β-unsaturated/α-hetero) is 1. The molecular weight excluding hydrogens is 392 g/mol. The molecule has 2 aromatic rings. The molecule has 0 fully saturated rings. The third-order valence-corrected chi connectivity index (χ3v) is 5.59. The van der Waals surface area contributed by atoms with Crippen molar-refractivity contribution in [1.82, 2.24) is 5.01 Å². The second kappa shape index (κ2) is 8.36. The predicted octanol–water partition coefficient (Wildman–Crippen LogP) is 3.60. The average molecular weight is 414 g/mol. The largest absolute Gasteiger partial charge is 0.465 e. The summed E-state index contributed by atoms with van der Waals surface area (Å²) < 4.78 is 4.76. The molecule has 2 aliphatic rings. The van der Waals surface area contributed by atoms with E-state index >= 15 is 0 Å². The number of hydrazine groups is 1. The number of ketones is 1. The van der Waals surface area contributed by atoms with Crippen LogP contribution < -0.4 is 11.2 Å². The molecule has 31 heavy (non-hydrogen) atoms. The van der Waals surface area contributed by atoms with E-state index in [1.807, 2.05) is 30.3 Å². The zero-order valence-electron chi connectivity index (χ0n) is 17.1. The molecule has 1 heterocycles. The zero-order chi connectivity index (χ0) is 22.0. The highest BCUT2D eigenvalue weighted by Gasteiger charge is 2.40. The molecule has 0 saturated carbocycles. The standard InChI is InChI=1S/C24H22N4O3/c1-31-24(30)16-12-10-15(11-13-16)21-18(14-25)23(26)28(27-17-6-3-2-4-7-17)19-8-5-9-20(29)22(19)21/h2-4,6-7,10-13,21,27H,5,8-9,26H2,1H3/t21-/m0/s1. The Kier molecular flexibility index (Phi) is 5.46. The van der Waals surface area contributed by atoms with Gasteiger partial charge in [0.2, 0.25) is 0 Å². The summed E-state index contributed by atoms with van der Waals surface area (Å²) in [5.41, 5.74) is 13.3. The van der Waals surface area contributed by atoms with Crippen molar-refractivity contribution in [2.24, 2.45) is 5.73 Å². The van der Waals surface area contributed by atoms with Crippen LogP contribution in [0.2, 0.25) is 0 Å². The molecule has 0 aromatic heterocycles. The molecule has 2 aromatic carbocycles. The fourth-order valence-corrected chi connectivity index (χ4v) is 4.12. The first-order valence-corrected chi connectivity index (χ1v) is 10.0. The number of ether oxygens (including phenoxy) is 1. The van der Waals surface area contributed by atoms with Gasteiger partial charge in [0.15, 0.2) is 5.78 Å². The van der Waals surface area contributed by atoms with Gasteiger partial charge in [0.05, 0.1) is 35.9 Å². The maximum Gasteiger partial charge on any atom is 0.337 e. The van der Waals surface area contributed by atoms with Gasteiger partial charge < -0.3 is 10.5 Å². The molecule has 4 rings (SSSR count). The Labute approximate surface area is 180 Å². The van der Waals surface area contributed by atoms with Gasteiger partial charge in [0.25, 0.3) is 0 Å². The summed E-state index contributed by atoms with van der Waals surface area (Å²) >= 11 is 0. The number of nitriles is 1. The molecule has 1 aliphatic carbocycles. The number of esters is 1. The van der Waals surface area contributed by atoms with Crippen LogP contribution in [0, 0.1) is 11.3 Å². The molecule has 0 spiro atoms. The number of allylic oxidation sites excluding steroid dienone is 3. The van der Waals surface area contributed by atoms with E-state index in [0.29, 0.717) is 36.0 Å². The lowest BCUT2D eigenvalue weighted by molar-refractivity contribution is -0.116. The molecule has 0 radical (unpaired) electrons. The molecule has 0 amide bonds.